The van der Waals surface area contributed by atoms with Crippen molar-refractivity contribution in [3.05, 3.63) is 35.5 Å². The molecule has 0 N–H and O–H groups in total. The molecule has 0 saturated carbocycles. The number of benzene rings is 1. The van der Waals surface area contributed by atoms with Crippen LogP contribution in [-0.4, -0.2) is 11.4 Å². The summed E-state index contributed by atoms with van der Waals surface area (Å²) in [6.45, 7) is 0. The number of hydrogen-bond acceptors (Lipinski definition) is 3. The van der Waals surface area contributed by atoms with Crippen molar-refractivity contribution in [1.82, 2.24) is 4.31 Å². The summed E-state index contributed by atoms with van der Waals surface area (Å²) in [5.74, 6) is 0. The van der Waals surface area contributed by atoms with E-state index in [0.29, 0.717) is 10.7 Å². The van der Waals surface area contributed by atoms with Gasteiger partial charge in [0, 0.05) is 17.5 Å². The number of rotatable bonds is 0. The van der Waals surface area contributed by atoms with Crippen LogP contribution in [0.15, 0.2) is 34.9 Å². The average molecular weight is 223 g/mol. The summed E-state index contributed by atoms with van der Waals surface area (Å²) in [5, 5.41) is 9.44. The van der Waals surface area contributed by atoms with Gasteiger partial charge in [-0.1, -0.05) is 29.8 Å². The lowest BCUT2D eigenvalue weighted by atomic mass is 10.2. The molecule has 0 bridgehead atoms. The summed E-state index contributed by atoms with van der Waals surface area (Å²) in [7, 11) is 1.83. The lowest BCUT2D eigenvalue weighted by Crippen LogP contribution is -2.12. The van der Waals surface area contributed by atoms with Gasteiger partial charge in [-0.25, -0.2) is 0 Å². The van der Waals surface area contributed by atoms with Crippen LogP contribution >= 0.6 is 23.5 Å². The minimum atomic E-state index is 0.510. The molecule has 0 fully saturated rings. The number of allylic oxidation sites excluding steroid dienone is 1. The van der Waals surface area contributed by atoms with Crippen LogP contribution in [0.25, 0.3) is 5.03 Å². The minimum Gasteiger partial charge on any atom is -0.305 e. The molecule has 0 saturated heterocycles. The van der Waals surface area contributed by atoms with Gasteiger partial charge in [0.2, 0.25) is 0 Å². The maximum atomic E-state index is 8.91. The third-order valence-corrected chi connectivity index (χ3v) is 3.38. The van der Waals surface area contributed by atoms with E-state index in [-0.39, 0.29) is 0 Å². The fourth-order valence-corrected chi connectivity index (χ4v) is 2.67. The molecule has 1 aromatic rings. The Kier molecular flexibility index (Phi) is 2.40. The molecule has 2 rings (SSSR count). The largest absolute Gasteiger partial charge is 0.305 e. The maximum absolute atomic E-state index is 8.91. The van der Waals surface area contributed by atoms with E-state index in [1.807, 2.05) is 31.3 Å². The predicted octanol–water partition coefficient (Wildman–Crippen LogP) is 3.07. The molecule has 0 amide bonds. The molecule has 0 aliphatic carbocycles. The SMILES string of the molecule is CN1Sc2ccccc2C(Cl)=C1C#N. The molecule has 1 aromatic carbocycles. The predicted molar refractivity (Wildman–Crippen MR) is 58.4 cm³/mol. The van der Waals surface area contributed by atoms with Crippen LogP contribution in [0.2, 0.25) is 0 Å². The lowest BCUT2D eigenvalue weighted by molar-refractivity contribution is 0.730. The Balaban J connectivity index is 2.63. The van der Waals surface area contributed by atoms with Gasteiger partial charge < -0.3 is 4.31 Å². The van der Waals surface area contributed by atoms with Crippen LogP contribution in [0.5, 0.6) is 0 Å². The first-order chi connectivity index (χ1) is 6.74. The van der Waals surface area contributed by atoms with Crippen LogP contribution < -0.4 is 0 Å². The molecule has 14 heavy (non-hydrogen) atoms. The smallest absolute Gasteiger partial charge is 0.145 e. The quantitative estimate of drug-likeness (QED) is 0.632. The Hall–Kier alpha value is -1.11. The lowest BCUT2D eigenvalue weighted by Gasteiger charge is -2.24. The van der Waals surface area contributed by atoms with Gasteiger partial charge >= 0.3 is 0 Å². The Morgan fingerprint density at radius 2 is 2.14 bits per heavy atom. The molecule has 2 nitrogen and oxygen atoms in total. The molecular weight excluding hydrogens is 216 g/mol. The van der Waals surface area contributed by atoms with E-state index >= 15 is 0 Å². The monoisotopic (exact) mass is 222 g/mol. The number of nitrogens with zero attached hydrogens (tertiary/aromatic N) is 2. The average Bonchev–Trinajstić information content (AvgIpc) is 2.18. The van der Waals surface area contributed by atoms with Crippen molar-refractivity contribution < 1.29 is 0 Å². The molecule has 1 aliphatic heterocycles. The number of halogens is 1. The van der Waals surface area contributed by atoms with Crippen molar-refractivity contribution in [2.45, 2.75) is 4.90 Å². The first-order valence-corrected chi connectivity index (χ1v) is 5.20. The summed E-state index contributed by atoms with van der Waals surface area (Å²) in [5.41, 5.74) is 1.45. The van der Waals surface area contributed by atoms with E-state index in [1.54, 1.807) is 4.31 Å². The minimum absolute atomic E-state index is 0.510. The first kappa shape index (κ1) is 9.45. The Labute approximate surface area is 91.9 Å². The van der Waals surface area contributed by atoms with Crippen molar-refractivity contribution in [1.29, 1.82) is 5.26 Å². The summed E-state index contributed by atoms with van der Waals surface area (Å²) >= 11 is 7.63. The number of fused-ring (bicyclic) bond motifs is 1. The van der Waals surface area contributed by atoms with Gasteiger partial charge in [0.1, 0.15) is 11.8 Å². The summed E-state index contributed by atoms with van der Waals surface area (Å²) in [6, 6.07) is 9.89. The van der Waals surface area contributed by atoms with Crippen LogP contribution in [0, 0.1) is 11.3 Å². The van der Waals surface area contributed by atoms with Gasteiger partial charge in [-0.05, 0) is 18.0 Å². The number of nitriles is 1. The summed E-state index contributed by atoms with van der Waals surface area (Å²) in [6.07, 6.45) is 0. The van der Waals surface area contributed by atoms with Gasteiger partial charge in [0.05, 0.1) is 5.03 Å². The normalized spacial score (nSPS) is 15.1. The molecule has 0 aromatic heterocycles. The first-order valence-electron chi connectivity index (χ1n) is 4.05. The zero-order valence-corrected chi connectivity index (χ0v) is 9.06. The molecule has 1 heterocycles. The highest BCUT2D eigenvalue weighted by atomic mass is 35.5. The highest BCUT2D eigenvalue weighted by Gasteiger charge is 2.21. The van der Waals surface area contributed by atoms with Crippen molar-refractivity contribution in [3.63, 3.8) is 0 Å². The van der Waals surface area contributed by atoms with Crippen LogP contribution in [0.1, 0.15) is 5.56 Å². The zero-order valence-electron chi connectivity index (χ0n) is 7.49. The maximum Gasteiger partial charge on any atom is 0.145 e. The molecule has 0 atom stereocenters. The van der Waals surface area contributed by atoms with Crippen molar-refractivity contribution in [2.75, 3.05) is 7.05 Å². The Morgan fingerprint density at radius 1 is 1.43 bits per heavy atom. The zero-order chi connectivity index (χ0) is 10.1. The highest BCUT2D eigenvalue weighted by Crippen LogP contribution is 2.40. The van der Waals surface area contributed by atoms with Gasteiger partial charge in [-0.3, -0.25) is 0 Å². The number of hydrogen-bond donors (Lipinski definition) is 0. The summed E-state index contributed by atoms with van der Waals surface area (Å²) in [4.78, 5) is 1.08. The molecule has 70 valence electrons. The molecule has 0 radical (unpaired) electrons. The fraction of sp³-hybridized carbons (Fsp3) is 0.100. The van der Waals surface area contributed by atoms with Crippen LogP contribution in [0.3, 0.4) is 0 Å². The van der Waals surface area contributed by atoms with E-state index < -0.39 is 0 Å². The topological polar surface area (TPSA) is 27.0 Å². The third-order valence-electron chi connectivity index (χ3n) is 1.99. The van der Waals surface area contributed by atoms with E-state index in [2.05, 4.69) is 6.07 Å². The Bertz CT molecular complexity index is 448. The van der Waals surface area contributed by atoms with Gasteiger partial charge in [-0.15, -0.1) is 0 Å². The molecule has 0 spiro atoms. The van der Waals surface area contributed by atoms with E-state index in [9.17, 15) is 0 Å². The Morgan fingerprint density at radius 3 is 2.86 bits per heavy atom. The third kappa shape index (κ3) is 1.37. The van der Waals surface area contributed by atoms with Gasteiger partial charge in [0.15, 0.2) is 0 Å². The summed E-state index contributed by atoms with van der Waals surface area (Å²) < 4.78 is 1.78. The molecule has 0 unspecified atom stereocenters. The van der Waals surface area contributed by atoms with E-state index in [1.165, 1.54) is 11.9 Å². The van der Waals surface area contributed by atoms with Crippen LogP contribution in [-0.2, 0) is 0 Å². The second-order valence-corrected chi connectivity index (χ2v) is 4.41. The van der Waals surface area contributed by atoms with E-state index in [4.69, 9.17) is 16.9 Å². The van der Waals surface area contributed by atoms with E-state index in [0.717, 1.165) is 10.5 Å². The fourth-order valence-electron chi connectivity index (χ4n) is 1.31. The highest BCUT2D eigenvalue weighted by molar-refractivity contribution is 7.97. The molecular formula is C10H7ClN2S. The molecule has 4 heteroatoms. The van der Waals surface area contributed by atoms with Crippen LogP contribution in [0.4, 0.5) is 0 Å². The van der Waals surface area contributed by atoms with Gasteiger partial charge in [0.25, 0.3) is 0 Å². The van der Waals surface area contributed by atoms with Crippen molar-refractivity contribution in [3.8, 4) is 6.07 Å². The van der Waals surface area contributed by atoms with Crippen molar-refractivity contribution >= 4 is 28.6 Å². The van der Waals surface area contributed by atoms with Crippen molar-refractivity contribution in [2.24, 2.45) is 0 Å². The van der Waals surface area contributed by atoms with Gasteiger partial charge in [-0.2, -0.15) is 5.26 Å². The second-order valence-electron chi connectivity index (χ2n) is 2.86. The second kappa shape index (κ2) is 3.56. The standard InChI is InChI=1S/C10H7ClN2S/c1-13-8(6-12)10(11)7-4-2-3-5-9(7)14-13/h2-5H,1H3. The molecule has 1 aliphatic rings.